The molecule has 0 aliphatic rings. The monoisotopic (exact) mass is 232 g/mol. The molecule has 0 heterocycles. The van der Waals surface area contributed by atoms with Crippen molar-refractivity contribution in [1.29, 1.82) is 0 Å². The molecule has 74 valence electrons. The zero-order valence-electron chi connectivity index (χ0n) is 6.96. The Balaban J connectivity index is 2.93. The van der Waals surface area contributed by atoms with Crippen LogP contribution in [0.15, 0.2) is 18.2 Å². The van der Waals surface area contributed by atoms with E-state index in [2.05, 4.69) is 0 Å². The number of hydrogen-bond acceptors (Lipinski definition) is 2. The zero-order valence-corrected chi connectivity index (χ0v) is 8.47. The van der Waals surface area contributed by atoms with E-state index in [0.717, 1.165) is 0 Å². The molecule has 0 spiro atoms. The largest absolute Gasteiger partial charge is 0.475 e. The predicted molar refractivity (Wildman–Crippen MR) is 52.8 cm³/mol. The lowest BCUT2D eigenvalue weighted by Gasteiger charge is -2.02. The van der Waals surface area contributed by atoms with Crippen molar-refractivity contribution < 1.29 is 14.7 Å². The molecular formula is C9H6Cl2O3. The Bertz CT molecular complexity index is 388. The number of aliphatic carboxylic acids is 1. The molecule has 14 heavy (non-hydrogen) atoms. The Morgan fingerprint density at radius 3 is 2.50 bits per heavy atom. The van der Waals surface area contributed by atoms with E-state index >= 15 is 0 Å². The minimum Gasteiger partial charge on any atom is -0.475 e. The number of rotatable bonds is 3. The molecule has 0 bridgehead atoms. The minimum absolute atomic E-state index is 0.226. The lowest BCUT2D eigenvalue weighted by molar-refractivity contribution is -0.148. The van der Waals surface area contributed by atoms with Crippen molar-refractivity contribution in [1.82, 2.24) is 0 Å². The first-order valence-electron chi connectivity index (χ1n) is 3.71. The van der Waals surface area contributed by atoms with Crippen LogP contribution in [-0.2, 0) is 16.0 Å². The summed E-state index contributed by atoms with van der Waals surface area (Å²) in [6.07, 6.45) is -0.241. The summed E-state index contributed by atoms with van der Waals surface area (Å²) in [5.74, 6) is -2.38. The Morgan fingerprint density at radius 2 is 1.93 bits per heavy atom. The molecule has 1 N–H and O–H groups in total. The normalized spacial score (nSPS) is 9.86. The van der Waals surface area contributed by atoms with E-state index in [4.69, 9.17) is 28.3 Å². The van der Waals surface area contributed by atoms with Crippen molar-refractivity contribution in [2.45, 2.75) is 6.42 Å². The maximum Gasteiger partial charge on any atom is 0.372 e. The summed E-state index contributed by atoms with van der Waals surface area (Å²) in [6.45, 7) is 0. The molecule has 1 aromatic carbocycles. The van der Waals surface area contributed by atoms with Crippen molar-refractivity contribution in [3.05, 3.63) is 33.8 Å². The molecule has 0 unspecified atom stereocenters. The van der Waals surface area contributed by atoms with Gasteiger partial charge < -0.3 is 5.11 Å². The van der Waals surface area contributed by atoms with Crippen molar-refractivity contribution in [3.8, 4) is 0 Å². The van der Waals surface area contributed by atoms with Gasteiger partial charge in [0.15, 0.2) is 0 Å². The summed E-state index contributed by atoms with van der Waals surface area (Å²) in [5.41, 5.74) is 0.423. The SMILES string of the molecule is O=C(O)C(=O)Cc1cccc(Cl)c1Cl. The summed E-state index contributed by atoms with van der Waals surface area (Å²) in [7, 11) is 0. The van der Waals surface area contributed by atoms with Gasteiger partial charge in [-0.05, 0) is 11.6 Å². The van der Waals surface area contributed by atoms with Gasteiger partial charge in [0, 0.05) is 6.42 Å². The summed E-state index contributed by atoms with van der Waals surface area (Å²) in [4.78, 5) is 21.1. The first-order valence-corrected chi connectivity index (χ1v) is 4.47. The number of Topliss-reactive ketones (excluding diaryl/α,β-unsaturated/α-hetero) is 1. The van der Waals surface area contributed by atoms with Gasteiger partial charge in [0.1, 0.15) is 0 Å². The average molecular weight is 233 g/mol. The van der Waals surface area contributed by atoms with Crippen LogP contribution in [0.5, 0.6) is 0 Å². The van der Waals surface area contributed by atoms with Gasteiger partial charge in [-0.15, -0.1) is 0 Å². The Labute approximate surface area is 90.3 Å². The molecule has 0 aliphatic carbocycles. The maximum atomic E-state index is 10.9. The highest BCUT2D eigenvalue weighted by Crippen LogP contribution is 2.25. The van der Waals surface area contributed by atoms with E-state index in [9.17, 15) is 9.59 Å². The van der Waals surface area contributed by atoms with Crippen LogP contribution >= 0.6 is 23.2 Å². The third kappa shape index (κ3) is 2.47. The van der Waals surface area contributed by atoms with Gasteiger partial charge in [-0.25, -0.2) is 4.79 Å². The predicted octanol–water partition coefficient (Wildman–Crippen LogP) is 2.19. The molecule has 5 heteroatoms. The molecule has 1 rings (SSSR count). The van der Waals surface area contributed by atoms with Crippen LogP contribution in [0.2, 0.25) is 10.0 Å². The van der Waals surface area contributed by atoms with Crippen molar-refractivity contribution in [2.75, 3.05) is 0 Å². The van der Waals surface area contributed by atoms with Crippen molar-refractivity contribution in [3.63, 3.8) is 0 Å². The van der Waals surface area contributed by atoms with E-state index in [1.54, 1.807) is 18.2 Å². The second-order valence-corrected chi connectivity index (χ2v) is 3.40. The summed E-state index contributed by atoms with van der Waals surface area (Å²) in [6, 6.07) is 4.74. The first-order chi connectivity index (χ1) is 6.52. The quantitative estimate of drug-likeness (QED) is 0.814. The molecule has 3 nitrogen and oxygen atoms in total. The van der Waals surface area contributed by atoms with E-state index in [1.165, 1.54) is 0 Å². The van der Waals surface area contributed by atoms with Gasteiger partial charge in [-0.3, -0.25) is 4.79 Å². The number of carboxylic acids is 1. The van der Waals surface area contributed by atoms with Gasteiger partial charge in [0.2, 0.25) is 5.78 Å². The molecule has 0 aliphatic heterocycles. The zero-order chi connectivity index (χ0) is 10.7. The number of carbonyl (C=O) groups excluding carboxylic acids is 1. The van der Waals surface area contributed by atoms with Crippen LogP contribution in [0.4, 0.5) is 0 Å². The summed E-state index contributed by atoms with van der Waals surface area (Å²) in [5, 5.41) is 8.91. The number of halogens is 2. The first kappa shape index (κ1) is 11.0. The maximum absolute atomic E-state index is 10.9. The molecule has 1 aromatic rings. The van der Waals surface area contributed by atoms with Crippen LogP contribution in [0, 0.1) is 0 Å². The van der Waals surface area contributed by atoms with Crippen LogP contribution in [-0.4, -0.2) is 16.9 Å². The smallest absolute Gasteiger partial charge is 0.372 e. The van der Waals surface area contributed by atoms with Crippen LogP contribution in [0.1, 0.15) is 5.56 Å². The average Bonchev–Trinajstić information content (AvgIpc) is 2.12. The van der Waals surface area contributed by atoms with Gasteiger partial charge in [-0.1, -0.05) is 35.3 Å². The molecular weight excluding hydrogens is 227 g/mol. The highest BCUT2D eigenvalue weighted by molar-refractivity contribution is 6.43. The van der Waals surface area contributed by atoms with Crippen LogP contribution in [0.3, 0.4) is 0 Å². The highest BCUT2D eigenvalue weighted by Gasteiger charge is 2.14. The fourth-order valence-electron chi connectivity index (χ4n) is 0.934. The summed E-state index contributed by atoms with van der Waals surface area (Å²) < 4.78 is 0. The molecule has 0 fully saturated rings. The molecule has 0 aromatic heterocycles. The second-order valence-electron chi connectivity index (χ2n) is 2.62. The number of carboxylic acid groups (broad SMARTS) is 1. The van der Waals surface area contributed by atoms with Gasteiger partial charge in [0.05, 0.1) is 10.0 Å². The van der Waals surface area contributed by atoms with Crippen LogP contribution < -0.4 is 0 Å². The van der Waals surface area contributed by atoms with Gasteiger partial charge in [-0.2, -0.15) is 0 Å². The highest BCUT2D eigenvalue weighted by atomic mass is 35.5. The third-order valence-corrected chi connectivity index (χ3v) is 2.48. The van der Waals surface area contributed by atoms with E-state index in [1.807, 2.05) is 0 Å². The lowest BCUT2D eigenvalue weighted by Crippen LogP contribution is -2.15. The molecule has 0 radical (unpaired) electrons. The lowest BCUT2D eigenvalue weighted by atomic mass is 10.1. The molecule has 0 atom stereocenters. The fraction of sp³-hybridized carbons (Fsp3) is 0.111. The minimum atomic E-state index is -1.47. The molecule has 0 amide bonds. The summed E-state index contributed by atoms with van der Waals surface area (Å²) >= 11 is 11.5. The number of hydrogen-bond donors (Lipinski definition) is 1. The molecule has 0 saturated heterocycles. The number of benzene rings is 1. The van der Waals surface area contributed by atoms with E-state index < -0.39 is 11.8 Å². The van der Waals surface area contributed by atoms with E-state index in [0.29, 0.717) is 10.6 Å². The third-order valence-electron chi connectivity index (χ3n) is 1.62. The topological polar surface area (TPSA) is 54.4 Å². The van der Waals surface area contributed by atoms with Gasteiger partial charge in [0.25, 0.3) is 0 Å². The Kier molecular flexibility index (Phi) is 3.49. The van der Waals surface area contributed by atoms with E-state index in [-0.39, 0.29) is 11.4 Å². The van der Waals surface area contributed by atoms with Crippen molar-refractivity contribution >= 4 is 35.0 Å². The van der Waals surface area contributed by atoms with Crippen LogP contribution in [0.25, 0.3) is 0 Å². The van der Waals surface area contributed by atoms with Crippen molar-refractivity contribution in [2.24, 2.45) is 0 Å². The Morgan fingerprint density at radius 1 is 1.29 bits per heavy atom. The fourth-order valence-corrected chi connectivity index (χ4v) is 1.32. The standard InChI is InChI=1S/C9H6Cl2O3/c10-6-3-1-2-5(8(6)11)4-7(12)9(13)14/h1-3H,4H2,(H,13,14). The number of ketones is 1. The second kappa shape index (κ2) is 4.44. The molecule has 0 saturated carbocycles. The van der Waals surface area contributed by atoms with Gasteiger partial charge >= 0.3 is 5.97 Å². The Hall–Kier alpha value is -1.06. The number of carbonyl (C=O) groups is 2.